The van der Waals surface area contributed by atoms with Crippen molar-refractivity contribution in [2.45, 2.75) is 19.8 Å². The Bertz CT molecular complexity index is 793. The molecule has 2 aromatic carbocycles. The molecule has 0 aromatic heterocycles. The maximum absolute atomic E-state index is 5.43. The van der Waals surface area contributed by atoms with Crippen molar-refractivity contribution in [2.75, 3.05) is 48.0 Å². The molecule has 0 unspecified atom stereocenters. The van der Waals surface area contributed by atoms with E-state index in [-0.39, 0.29) is 0 Å². The van der Waals surface area contributed by atoms with Crippen LogP contribution >= 0.6 is 0 Å². The zero-order chi connectivity index (χ0) is 21.1. The van der Waals surface area contributed by atoms with E-state index in [0.717, 1.165) is 49.1 Å². The molecule has 0 aliphatic carbocycles. The summed E-state index contributed by atoms with van der Waals surface area (Å²) in [6, 6.07) is 14.1. The van der Waals surface area contributed by atoms with Crippen LogP contribution in [0.2, 0.25) is 0 Å². The average molecular weight is 400 g/mol. The Morgan fingerprint density at radius 1 is 0.931 bits per heavy atom. The maximum atomic E-state index is 5.43. The lowest BCUT2D eigenvalue weighted by atomic mass is 10.1. The van der Waals surface area contributed by atoms with Crippen molar-refractivity contribution in [3.8, 4) is 17.2 Å². The van der Waals surface area contributed by atoms with E-state index in [4.69, 9.17) is 19.2 Å². The molecule has 0 aliphatic heterocycles. The van der Waals surface area contributed by atoms with Crippen LogP contribution in [-0.4, -0.2) is 58.9 Å². The first kappa shape index (κ1) is 22.4. The van der Waals surface area contributed by atoms with Gasteiger partial charge in [-0.2, -0.15) is 0 Å². The van der Waals surface area contributed by atoms with E-state index >= 15 is 0 Å². The molecule has 6 heteroatoms. The van der Waals surface area contributed by atoms with Gasteiger partial charge < -0.3 is 24.4 Å². The van der Waals surface area contributed by atoms with Gasteiger partial charge in [0.1, 0.15) is 5.75 Å². The van der Waals surface area contributed by atoms with Gasteiger partial charge in [0, 0.05) is 26.7 Å². The summed E-state index contributed by atoms with van der Waals surface area (Å²) in [5.41, 5.74) is 2.36. The molecule has 0 spiro atoms. The van der Waals surface area contributed by atoms with Crippen molar-refractivity contribution in [1.29, 1.82) is 0 Å². The second-order valence-corrected chi connectivity index (χ2v) is 6.66. The van der Waals surface area contributed by atoms with Crippen LogP contribution < -0.4 is 19.5 Å². The molecule has 0 fully saturated rings. The standard InChI is InChI=1S/C23H33N3O3/c1-6-24-23(25-15-13-19-9-7-8-10-20(19)27-3)26(2)16-14-18-11-12-21(28-4)22(17-18)29-5/h7-12,17H,6,13-16H2,1-5H3,(H,24,25). The van der Waals surface area contributed by atoms with Crippen LogP contribution in [0.5, 0.6) is 17.2 Å². The molecule has 29 heavy (non-hydrogen) atoms. The van der Waals surface area contributed by atoms with Gasteiger partial charge in [0.05, 0.1) is 21.3 Å². The molecular formula is C23H33N3O3. The van der Waals surface area contributed by atoms with E-state index < -0.39 is 0 Å². The summed E-state index contributed by atoms with van der Waals surface area (Å²) in [4.78, 5) is 6.94. The van der Waals surface area contributed by atoms with Gasteiger partial charge in [0.15, 0.2) is 17.5 Å². The summed E-state index contributed by atoms with van der Waals surface area (Å²) in [7, 11) is 7.07. The smallest absolute Gasteiger partial charge is 0.193 e. The number of benzene rings is 2. The van der Waals surface area contributed by atoms with E-state index in [0.29, 0.717) is 6.54 Å². The number of para-hydroxylation sites is 1. The number of rotatable bonds is 10. The Kier molecular flexibility index (Phi) is 9.15. The van der Waals surface area contributed by atoms with Crippen molar-refractivity contribution in [3.63, 3.8) is 0 Å². The molecule has 0 aliphatic rings. The highest BCUT2D eigenvalue weighted by molar-refractivity contribution is 5.79. The minimum Gasteiger partial charge on any atom is -0.496 e. The quantitative estimate of drug-likeness (QED) is 0.490. The number of ether oxygens (including phenoxy) is 3. The van der Waals surface area contributed by atoms with Crippen LogP contribution in [0.3, 0.4) is 0 Å². The van der Waals surface area contributed by atoms with Gasteiger partial charge in [0.2, 0.25) is 0 Å². The van der Waals surface area contributed by atoms with Crippen LogP contribution in [0.25, 0.3) is 0 Å². The average Bonchev–Trinajstić information content (AvgIpc) is 2.76. The minimum absolute atomic E-state index is 0.698. The lowest BCUT2D eigenvalue weighted by molar-refractivity contribution is 0.354. The summed E-state index contributed by atoms with van der Waals surface area (Å²) in [5.74, 6) is 3.32. The largest absolute Gasteiger partial charge is 0.496 e. The first-order chi connectivity index (χ1) is 14.1. The minimum atomic E-state index is 0.698. The molecule has 2 rings (SSSR count). The molecule has 0 amide bonds. The van der Waals surface area contributed by atoms with Gasteiger partial charge in [0.25, 0.3) is 0 Å². The predicted octanol–water partition coefficient (Wildman–Crippen LogP) is 3.39. The van der Waals surface area contributed by atoms with Crippen LogP contribution in [0, 0.1) is 0 Å². The molecule has 0 bridgehead atoms. The van der Waals surface area contributed by atoms with Crippen molar-refractivity contribution in [3.05, 3.63) is 53.6 Å². The van der Waals surface area contributed by atoms with Crippen molar-refractivity contribution in [1.82, 2.24) is 10.2 Å². The zero-order valence-electron chi connectivity index (χ0n) is 18.2. The Labute approximate surface area is 174 Å². The number of aliphatic imine (C=N–C) groups is 1. The first-order valence-electron chi connectivity index (χ1n) is 9.95. The summed E-state index contributed by atoms with van der Waals surface area (Å²) in [5, 5.41) is 3.37. The lowest BCUT2D eigenvalue weighted by Gasteiger charge is -2.22. The van der Waals surface area contributed by atoms with Gasteiger partial charge in [-0.25, -0.2) is 0 Å². The van der Waals surface area contributed by atoms with Crippen molar-refractivity contribution in [2.24, 2.45) is 4.99 Å². The molecule has 0 heterocycles. The second kappa shape index (κ2) is 11.8. The Morgan fingerprint density at radius 2 is 1.66 bits per heavy atom. The third kappa shape index (κ3) is 6.59. The van der Waals surface area contributed by atoms with Crippen LogP contribution in [0.1, 0.15) is 18.1 Å². The third-order valence-corrected chi connectivity index (χ3v) is 4.72. The van der Waals surface area contributed by atoms with E-state index in [1.165, 1.54) is 11.1 Å². The molecule has 158 valence electrons. The van der Waals surface area contributed by atoms with E-state index in [1.807, 2.05) is 30.3 Å². The van der Waals surface area contributed by atoms with Crippen LogP contribution in [0.15, 0.2) is 47.5 Å². The van der Waals surface area contributed by atoms with E-state index in [2.05, 4.69) is 36.3 Å². The van der Waals surface area contributed by atoms with Gasteiger partial charge in [-0.3, -0.25) is 4.99 Å². The highest BCUT2D eigenvalue weighted by atomic mass is 16.5. The molecule has 2 aromatic rings. The Morgan fingerprint density at radius 3 is 2.34 bits per heavy atom. The highest BCUT2D eigenvalue weighted by Crippen LogP contribution is 2.27. The normalized spacial score (nSPS) is 11.1. The second-order valence-electron chi connectivity index (χ2n) is 6.66. The van der Waals surface area contributed by atoms with E-state index in [1.54, 1.807) is 21.3 Å². The molecule has 0 atom stereocenters. The maximum Gasteiger partial charge on any atom is 0.193 e. The fourth-order valence-electron chi connectivity index (χ4n) is 3.10. The molecule has 0 saturated heterocycles. The first-order valence-corrected chi connectivity index (χ1v) is 9.95. The topological polar surface area (TPSA) is 55.3 Å². The summed E-state index contributed by atoms with van der Waals surface area (Å²) < 4.78 is 16.1. The predicted molar refractivity (Wildman–Crippen MR) is 119 cm³/mol. The number of nitrogens with zero attached hydrogens (tertiary/aromatic N) is 2. The number of methoxy groups -OCH3 is 3. The highest BCUT2D eigenvalue weighted by Gasteiger charge is 2.09. The SMILES string of the molecule is CCNC(=NCCc1ccccc1OC)N(C)CCc1ccc(OC)c(OC)c1. The van der Waals surface area contributed by atoms with Gasteiger partial charge in [-0.15, -0.1) is 0 Å². The molecule has 0 saturated carbocycles. The molecular weight excluding hydrogens is 366 g/mol. The molecule has 6 nitrogen and oxygen atoms in total. The molecule has 1 N–H and O–H groups in total. The fraction of sp³-hybridized carbons (Fsp3) is 0.435. The summed E-state index contributed by atoms with van der Waals surface area (Å²) >= 11 is 0. The Hall–Kier alpha value is -2.89. The number of hydrogen-bond donors (Lipinski definition) is 1. The fourth-order valence-corrected chi connectivity index (χ4v) is 3.10. The van der Waals surface area contributed by atoms with E-state index in [9.17, 15) is 0 Å². The Balaban J connectivity index is 1.97. The zero-order valence-corrected chi connectivity index (χ0v) is 18.2. The number of hydrogen-bond acceptors (Lipinski definition) is 4. The van der Waals surface area contributed by atoms with Gasteiger partial charge in [-0.1, -0.05) is 24.3 Å². The van der Waals surface area contributed by atoms with Crippen LogP contribution in [-0.2, 0) is 12.8 Å². The monoisotopic (exact) mass is 399 g/mol. The van der Waals surface area contributed by atoms with Gasteiger partial charge in [-0.05, 0) is 49.1 Å². The van der Waals surface area contributed by atoms with Crippen molar-refractivity contribution < 1.29 is 14.2 Å². The number of nitrogens with one attached hydrogen (secondary N) is 1. The lowest BCUT2D eigenvalue weighted by Crippen LogP contribution is -2.40. The third-order valence-electron chi connectivity index (χ3n) is 4.72. The molecule has 0 radical (unpaired) electrons. The van der Waals surface area contributed by atoms with Crippen molar-refractivity contribution >= 4 is 5.96 Å². The number of likely N-dealkylation sites (N-methyl/N-ethyl adjacent to an activating group) is 1. The summed E-state index contributed by atoms with van der Waals surface area (Å²) in [6.07, 6.45) is 1.72. The van der Waals surface area contributed by atoms with Crippen LogP contribution in [0.4, 0.5) is 0 Å². The van der Waals surface area contributed by atoms with Gasteiger partial charge >= 0.3 is 0 Å². The summed E-state index contributed by atoms with van der Waals surface area (Å²) in [6.45, 7) is 4.45. The number of guanidine groups is 1.